The predicted octanol–water partition coefficient (Wildman–Crippen LogP) is 2.63. The zero-order valence-electron chi connectivity index (χ0n) is 9.82. The van der Waals surface area contributed by atoms with Crippen molar-refractivity contribution in [1.29, 1.82) is 0 Å². The van der Waals surface area contributed by atoms with Gasteiger partial charge in [0.2, 0.25) is 0 Å². The monoisotopic (exact) mass is 256 g/mol. The van der Waals surface area contributed by atoms with Gasteiger partial charge in [0.15, 0.2) is 0 Å². The molecule has 2 heterocycles. The van der Waals surface area contributed by atoms with Crippen molar-refractivity contribution in [3.63, 3.8) is 0 Å². The summed E-state index contributed by atoms with van der Waals surface area (Å²) in [4.78, 5) is 2.08. The molecule has 1 saturated carbocycles. The van der Waals surface area contributed by atoms with Crippen LogP contribution >= 0.6 is 0 Å². The molecule has 1 aromatic rings. The lowest BCUT2D eigenvalue weighted by Gasteiger charge is -2.28. The van der Waals surface area contributed by atoms with Crippen LogP contribution in [-0.2, 0) is 6.18 Å². The first-order chi connectivity index (χ1) is 8.50. The molecular weight excluding hydrogens is 241 g/mol. The zero-order valence-corrected chi connectivity index (χ0v) is 9.82. The maximum absolute atomic E-state index is 12.7. The standard InChI is InChI=1S/C13H15F3N2/c14-13(15,16)9-2-1-3-10(6-9)18-11-4-8(5-11)12(18)7-17/h1-3,6,8,11-12H,4-5,7,17H2. The van der Waals surface area contributed by atoms with Crippen molar-refractivity contribution in [3.05, 3.63) is 29.8 Å². The number of nitrogens with zero attached hydrogens (tertiary/aromatic N) is 1. The van der Waals surface area contributed by atoms with Crippen molar-refractivity contribution >= 4 is 5.69 Å². The molecule has 98 valence electrons. The number of rotatable bonds is 2. The van der Waals surface area contributed by atoms with Crippen LogP contribution in [0.25, 0.3) is 0 Å². The molecule has 1 atom stereocenters. The van der Waals surface area contributed by atoms with Crippen molar-refractivity contribution in [1.82, 2.24) is 0 Å². The summed E-state index contributed by atoms with van der Waals surface area (Å²) in [6.45, 7) is 0.511. The van der Waals surface area contributed by atoms with Crippen LogP contribution in [0.15, 0.2) is 24.3 Å². The van der Waals surface area contributed by atoms with E-state index in [1.165, 1.54) is 12.1 Å². The van der Waals surface area contributed by atoms with Crippen molar-refractivity contribution in [2.75, 3.05) is 11.4 Å². The van der Waals surface area contributed by atoms with E-state index < -0.39 is 11.7 Å². The number of halogens is 3. The average Bonchev–Trinajstić information content (AvgIpc) is 2.81. The fraction of sp³-hybridized carbons (Fsp3) is 0.538. The first-order valence-electron chi connectivity index (χ1n) is 6.16. The van der Waals surface area contributed by atoms with Crippen molar-refractivity contribution in [2.45, 2.75) is 31.1 Å². The maximum atomic E-state index is 12.7. The normalized spacial score (nSPS) is 30.4. The lowest BCUT2D eigenvalue weighted by atomic mass is 9.83. The van der Waals surface area contributed by atoms with Gasteiger partial charge in [-0.2, -0.15) is 13.2 Å². The fourth-order valence-corrected chi connectivity index (χ4v) is 3.22. The van der Waals surface area contributed by atoms with Gasteiger partial charge in [0, 0.05) is 24.3 Å². The molecule has 0 radical (unpaired) electrons. The van der Waals surface area contributed by atoms with E-state index >= 15 is 0 Å². The number of fused-ring (bicyclic) bond motifs is 1. The van der Waals surface area contributed by atoms with Crippen LogP contribution in [0.2, 0.25) is 0 Å². The highest BCUT2D eigenvalue weighted by Crippen LogP contribution is 2.48. The second kappa shape index (κ2) is 3.88. The summed E-state index contributed by atoms with van der Waals surface area (Å²) in [5.74, 6) is 0.564. The minimum absolute atomic E-state index is 0.207. The highest BCUT2D eigenvalue weighted by molar-refractivity contribution is 5.54. The van der Waals surface area contributed by atoms with Crippen LogP contribution in [0.5, 0.6) is 0 Å². The fourth-order valence-electron chi connectivity index (χ4n) is 3.22. The van der Waals surface area contributed by atoms with Gasteiger partial charge in [-0.05, 0) is 37.0 Å². The van der Waals surface area contributed by atoms with E-state index in [1.807, 2.05) is 0 Å². The summed E-state index contributed by atoms with van der Waals surface area (Å²) >= 11 is 0. The molecule has 2 bridgehead atoms. The Bertz CT molecular complexity index is 452. The molecular formula is C13H15F3N2. The number of benzene rings is 1. The Balaban J connectivity index is 1.93. The van der Waals surface area contributed by atoms with Gasteiger partial charge in [-0.3, -0.25) is 0 Å². The van der Waals surface area contributed by atoms with E-state index in [4.69, 9.17) is 5.73 Å². The molecule has 1 aliphatic carbocycles. The molecule has 3 aliphatic rings. The van der Waals surface area contributed by atoms with Gasteiger partial charge >= 0.3 is 6.18 Å². The quantitative estimate of drug-likeness (QED) is 0.881. The SMILES string of the molecule is NCC1C2CC(C2)N1c1cccc(C(F)(F)F)c1. The molecule has 5 heteroatoms. The van der Waals surface area contributed by atoms with Crippen LogP contribution in [0, 0.1) is 5.92 Å². The molecule has 0 aromatic heterocycles. The topological polar surface area (TPSA) is 29.3 Å². The van der Waals surface area contributed by atoms with Gasteiger partial charge in [-0.15, -0.1) is 0 Å². The van der Waals surface area contributed by atoms with Crippen LogP contribution in [0.1, 0.15) is 18.4 Å². The Morgan fingerprint density at radius 2 is 2.00 bits per heavy atom. The summed E-state index contributed by atoms with van der Waals surface area (Å²) < 4.78 is 38.1. The largest absolute Gasteiger partial charge is 0.416 e. The lowest BCUT2D eigenvalue weighted by Crippen LogP contribution is -2.36. The summed E-state index contributed by atoms with van der Waals surface area (Å²) in [6, 6.07) is 6.16. The number of hydrogen-bond donors (Lipinski definition) is 1. The van der Waals surface area contributed by atoms with Gasteiger partial charge in [-0.25, -0.2) is 0 Å². The summed E-state index contributed by atoms with van der Waals surface area (Å²) in [6.07, 6.45) is -2.15. The molecule has 2 N–H and O–H groups in total. The predicted molar refractivity (Wildman–Crippen MR) is 63.3 cm³/mol. The number of alkyl halides is 3. The van der Waals surface area contributed by atoms with Gasteiger partial charge in [0.1, 0.15) is 0 Å². The molecule has 4 rings (SSSR count). The highest BCUT2D eigenvalue weighted by atomic mass is 19.4. The third-order valence-electron chi connectivity index (χ3n) is 4.16. The molecule has 0 spiro atoms. The van der Waals surface area contributed by atoms with E-state index in [0.29, 0.717) is 24.2 Å². The number of anilines is 1. The van der Waals surface area contributed by atoms with Gasteiger partial charge in [0.05, 0.1) is 5.56 Å². The molecule has 1 unspecified atom stereocenters. The second-order valence-corrected chi connectivity index (χ2v) is 5.14. The number of nitrogens with two attached hydrogens (primary N) is 1. The van der Waals surface area contributed by atoms with Gasteiger partial charge in [-0.1, -0.05) is 6.07 Å². The molecule has 3 fully saturated rings. The molecule has 0 amide bonds. The van der Waals surface area contributed by atoms with Crippen LogP contribution in [0.3, 0.4) is 0 Å². The van der Waals surface area contributed by atoms with Crippen LogP contribution < -0.4 is 10.6 Å². The van der Waals surface area contributed by atoms with Crippen LogP contribution in [-0.4, -0.2) is 18.6 Å². The van der Waals surface area contributed by atoms with Crippen molar-refractivity contribution in [2.24, 2.45) is 11.7 Å². The Morgan fingerprint density at radius 3 is 2.61 bits per heavy atom. The van der Waals surface area contributed by atoms with Crippen molar-refractivity contribution < 1.29 is 13.2 Å². The Labute approximate surface area is 104 Å². The molecule has 1 aromatic carbocycles. The van der Waals surface area contributed by atoms with Gasteiger partial charge in [0.25, 0.3) is 0 Å². The third-order valence-corrected chi connectivity index (χ3v) is 4.16. The average molecular weight is 256 g/mol. The smallest absolute Gasteiger partial charge is 0.364 e. The lowest BCUT2D eigenvalue weighted by molar-refractivity contribution is -0.137. The molecule has 2 saturated heterocycles. The first kappa shape index (κ1) is 11.8. The number of hydrogen-bond acceptors (Lipinski definition) is 2. The van der Waals surface area contributed by atoms with E-state index in [2.05, 4.69) is 4.90 Å². The molecule has 18 heavy (non-hydrogen) atoms. The molecule has 2 nitrogen and oxygen atoms in total. The van der Waals surface area contributed by atoms with E-state index in [-0.39, 0.29) is 6.04 Å². The minimum atomic E-state index is -4.28. The second-order valence-electron chi connectivity index (χ2n) is 5.14. The Morgan fingerprint density at radius 1 is 1.28 bits per heavy atom. The van der Waals surface area contributed by atoms with Gasteiger partial charge < -0.3 is 10.6 Å². The summed E-state index contributed by atoms with van der Waals surface area (Å²) in [5, 5.41) is 0. The van der Waals surface area contributed by atoms with E-state index in [1.54, 1.807) is 6.07 Å². The summed E-state index contributed by atoms with van der Waals surface area (Å²) in [5.41, 5.74) is 5.81. The van der Waals surface area contributed by atoms with E-state index in [0.717, 1.165) is 18.9 Å². The third kappa shape index (κ3) is 1.68. The van der Waals surface area contributed by atoms with Crippen LogP contribution in [0.4, 0.5) is 18.9 Å². The maximum Gasteiger partial charge on any atom is 0.416 e. The summed E-state index contributed by atoms with van der Waals surface area (Å²) in [7, 11) is 0. The highest BCUT2D eigenvalue weighted by Gasteiger charge is 2.50. The minimum Gasteiger partial charge on any atom is -0.364 e. The first-order valence-corrected chi connectivity index (χ1v) is 6.16. The Kier molecular flexibility index (Phi) is 2.55. The zero-order chi connectivity index (χ0) is 12.9. The Hall–Kier alpha value is -1.23. The molecule has 2 aliphatic heterocycles. The van der Waals surface area contributed by atoms with E-state index in [9.17, 15) is 13.2 Å². The van der Waals surface area contributed by atoms with Crippen molar-refractivity contribution in [3.8, 4) is 0 Å².